The number of hydrogen-bond acceptors (Lipinski definition) is 4. The first-order valence-electron chi connectivity index (χ1n) is 7.19. The highest BCUT2D eigenvalue weighted by Gasteiger charge is 2.28. The van der Waals surface area contributed by atoms with Gasteiger partial charge in [0.25, 0.3) is 0 Å². The number of amides is 3. The van der Waals surface area contributed by atoms with E-state index in [9.17, 15) is 9.59 Å². The average Bonchev–Trinajstić information content (AvgIpc) is 2.93. The van der Waals surface area contributed by atoms with E-state index >= 15 is 0 Å². The number of hydrogen-bond donors (Lipinski definition) is 1. The molecule has 6 nitrogen and oxygen atoms in total. The number of nitrogens with zero attached hydrogens (tertiary/aromatic N) is 2. The summed E-state index contributed by atoms with van der Waals surface area (Å²) in [6.45, 7) is 6.35. The minimum atomic E-state index is -0.451. The highest BCUT2D eigenvalue weighted by atomic mass is 16.5. The molecule has 21 heavy (non-hydrogen) atoms. The molecule has 2 heterocycles. The number of anilines is 1. The number of benzene rings is 1. The van der Waals surface area contributed by atoms with E-state index in [2.05, 4.69) is 10.5 Å². The van der Waals surface area contributed by atoms with Crippen LogP contribution in [0.5, 0.6) is 0 Å². The molecule has 0 bridgehead atoms. The van der Waals surface area contributed by atoms with Crippen LogP contribution in [-0.2, 0) is 11.2 Å². The minimum absolute atomic E-state index is 0.261. The van der Waals surface area contributed by atoms with Crippen molar-refractivity contribution in [2.24, 2.45) is 0 Å². The fourth-order valence-electron chi connectivity index (χ4n) is 2.25. The van der Waals surface area contributed by atoms with E-state index in [4.69, 9.17) is 4.52 Å². The third-order valence-electron chi connectivity index (χ3n) is 3.25. The van der Waals surface area contributed by atoms with Crippen LogP contribution in [0.15, 0.2) is 22.7 Å². The van der Waals surface area contributed by atoms with Crippen molar-refractivity contribution in [3.63, 3.8) is 0 Å². The molecule has 3 rings (SSSR count). The molecule has 1 fully saturated rings. The van der Waals surface area contributed by atoms with E-state index in [0.717, 1.165) is 17.4 Å². The third-order valence-corrected chi connectivity index (χ3v) is 3.25. The van der Waals surface area contributed by atoms with Crippen molar-refractivity contribution in [2.45, 2.75) is 33.6 Å². The summed E-state index contributed by atoms with van der Waals surface area (Å²) in [7, 11) is 0. The maximum atomic E-state index is 11.8. The normalized spacial score (nSPS) is 14.7. The molecule has 1 saturated heterocycles. The molecular formula is C15H19N3O3. The van der Waals surface area contributed by atoms with Crippen LogP contribution in [0.2, 0.25) is 0 Å². The SMILES string of the molecule is CC.CCc1cccc2c(N3CCC(=O)NC3=O)noc12. The van der Waals surface area contributed by atoms with Gasteiger partial charge in [-0.2, -0.15) is 0 Å². The Morgan fingerprint density at radius 3 is 2.76 bits per heavy atom. The first kappa shape index (κ1) is 15.0. The molecule has 0 radical (unpaired) electrons. The lowest BCUT2D eigenvalue weighted by Crippen LogP contribution is -2.49. The largest absolute Gasteiger partial charge is 0.354 e. The summed E-state index contributed by atoms with van der Waals surface area (Å²) in [6, 6.07) is 5.30. The molecule has 0 unspecified atom stereocenters. The van der Waals surface area contributed by atoms with Gasteiger partial charge in [0.05, 0.1) is 5.39 Å². The molecule has 1 aromatic carbocycles. The van der Waals surface area contributed by atoms with Crippen molar-refractivity contribution in [1.29, 1.82) is 0 Å². The topological polar surface area (TPSA) is 75.4 Å². The second-order valence-electron chi connectivity index (χ2n) is 4.41. The fraction of sp³-hybridized carbons (Fsp3) is 0.400. The molecule has 0 aliphatic carbocycles. The quantitative estimate of drug-likeness (QED) is 0.922. The number of aryl methyl sites for hydroxylation is 1. The van der Waals surface area contributed by atoms with Crippen LogP contribution in [0.4, 0.5) is 10.6 Å². The smallest absolute Gasteiger partial charge is 0.329 e. The highest BCUT2D eigenvalue weighted by Crippen LogP contribution is 2.29. The van der Waals surface area contributed by atoms with Gasteiger partial charge < -0.3 is 4.52 Å². The number of carbonyl (C=O) groups excluding carboxylic acids is 2. The van der Waals surface area contributed by atoms with E-state index in [1.54, 1.807) is 0 Å². The lowest BCUT2D eigenvalue weighted by molar-refractivity contribution is -0.120. The van der Waals surface area contributed by atoms with Gasteiger partial charge in [-0.1, -0.05) is 38.1 Å². The van der Waals surface area contributed by atoms with Crippen LogP contribution in [0, 0.1) is 0 Å². The molecule has 1 aliphatic rings. The standard InChI is InChI=1S/C13H13N3O3.C2H6/c1-2-8-4-3-5-9-11(8)19-15-12(9)16-7-6-10(17)14-13(16)18;1-2/h3-5H,2,6-7H2,1H3,(H,14,17,18);1-2H3. The number of rotatable bonds is 2. The monoisotopic (exact) mass is 289 g/mol. The van der Waals surface area contributed by atoms with Gasteiger partial charge >= 0.3 is 6.03 Å². The second-order valence-corrected chi connectivity index (χ2v) is 4.41. The predicted molar refractivity (Wildman–Crippen MR) is 80.2 cm³/mol. The van der Waals surface area contributed by atoms with Gasteiger partial charge in [-0.3, -0.25) is 15.0 Å². The Morgan fingerprint density at radius 1 is 1.33 bits per heavy atom. The van der Waals surface area contributed by atoms with Gasteiger partial charge in [-0.05, 0) is 18.1 Å². The zero-order valence-corrected chi connectivity index (χ0v) is 12.5. The molecular weight excluding hydrogens is 270 g/mol. The Morgan fingerprint density at radius 2 is 2.10 bits per heavy atom. The molecule has 1 N–H and O–H groups in total. The molecule has 112 valence electrons. The Balaban J connectivity index is 0.000000774. The van der Waals surface area contributed by atoms with Crippen LogP contribution in [-0.4, -0.2) is 23.6 Å². The van der Waals surface area contributed by atoms with Crippen LogP contribution in [0.1, 0.15) is 32.8 Å². The van der Waals surface area contributed by atoms with E-state index in [1.165, 1.54) is 4.90 Å². The molecule has 0 spiro atoms. The Hall–Kier alpha value is -2.37. The summed E-state index contributed by atoms with van der Waals surface area (Å²) in [4.78, 5) is 24.4. The molecule has 6 heteroatoms. The first-order chi connectivity index (χ1) is 10.2. The third kappa shape index (κ3) is 2.74. The van der Waals surface area contributed by atoms with Crippen LogP contribution < -0.4 is 10.2 Å². The summed E-state index contributed by atoms with van der Waals surface area (Å²) < 4.78 is 5.34. The number of nitrogens with one attached hydrogen (secondary N) is 1. The van der Waals surface area contributed by atoms with Gasteiger partial charge in [0, 0.05) is 13.0 Å². The number of carbonyl (C=O) groups is 2. The minimum Gasteiger partial charge on any atom is -0.354 e. The van der Waals surface area contributed by atoms with Crippen molar-refractivity contribution in [2.75, 3.05) is 11.4 Å². The van der Waals surface area contributed by atoms with E-state index in [1.807, 2.05) is 39.0 Å². The molecule has 1 aliphatic heterocycles. The van der Waals surface area contributed by atoms with Crippen molar-refractivity contribution in [3.05, 3.63) is 23.8 Å². The Labute approximate surface area is 123 Å². The van der Waals surface area contributed by atoms with Crippen molar-refractivity contribution >= 4 is 28.7 Å². The average molecular weight is 289 g/mol. The second kappa shape index (κ2) is 6.39. The molecule has 0 saturated carbocycles. The first-order valence-corrected chi connectivity index (χ1v) is 7.19. The maximum Gasteiger partial charge on any atom is 0.329 e. The summed E-state index contributed by atoms with van der Waals surface area (Å²) in [5, 5.41) is 7.05. The van der Waals surface area contributed by atoms with Gasteiger partial charge in [-0.25, -0.2) is 4.79 Å². The zero-order valence-electron chi connectivity index (χ0n) is 12.5. The predicted octanol–water partition coefficient (Wildman–Crippen LogP) is 2.86. The van der Waals surface area contributed by atoms with Gasteiger partial charge in [0.15, 0.2) is 11.4 Å². The maximum absolute atomic E-state index is 11.8. The molecule has 3 amide bonds. The molecule has 1 aromatic heterocycles. The molecule has 0 atom stereocenters. The summed E-state index contributed by atoms with van der Waals surface area (Å²) >= 11 is 0. The van der Waals surface area contributed by atoms with Crippen LogP contribution in [0.25, 0.3) is 11.0 Å². The molecule has 2 aromatic rings. The number of fused-ring (bicyclic) bond motifs is 1. The van der Waals surface area contributed by atoms with E-state index < -0.39 is 6.03 Å². The van der Waals surface area contributed by atoms with E-state index in [0.29, 0.717) is 17.9 Å². The van der Waals surface area contributed by atoms with Gasteiger partial charge in [-0.15, -0.1) is 0 Å². The number of urea groups is 1. The zero-order chi connectivity index (χ0) is 15.4. The fourth-order valence-corrected chi connectivity index (χ4v) is 2.25. The summed E-state index contributed by atoms with van der Waals surface area (Å²) in [6.07, 6.45) is 1.10. The van der Waals surface area contributed by atoms with Gasteiger partial charge in [0.1, 0.15) is 0 Å². The summed E-state index contributed by atoms with van der Waals surface area (Å²) in [5.41, 5.74) is 1.74. The number of para-hydroxylation sites is 1. The van der Waals surface area contributed by atoms with Crippen molar-refractivity contribution in [1.82, 2.24) is 10.5 Å². The Kier molecular flexibility index (Phi) is 4.57. The van der Waals surface area contributed by atoms with E-state index in [-0.39, 0.29) is 12.3 Å². The Bertz CT molecular complexity index is 663. The van der Waals surface area contributed by atoms with Crippen LogP contribution in [0.3, 0.4) is 0 Å². The lowest BCUT2D eigenvalue weighted by atomic mass is 10.1. The number of aromatic nitrogens is 1. The van der Waals surface area contributed by atoms with Crippen molar-refractivity contribution in [3.8, 4) is 0 Å². The summed E-state index contributed by atoms with van der Waals surface area (Å²) in [5.74, 6) is 0.207. The van der Waals surface area contributed by atoms with Crippen molar-refractivity contribution < 1.29 is 14.1 Å². The highest BCUT2D eigenvalue weighted by molar-refractivity contribution is 6.08. The lowest BCUT2D eigenvalue weighted by Gasteiger charge is -2.24. The van der Waals surface area contributed by atoms with Crippen LogP contribution >= 0.6 is 0 Å². The number of imide groups is 1. The van der Waals surface area contributed by atoms with Gasteiger partial charge in [0.2, 0.25) is 5.91 Å².